The van der Waals surface area contributed by atoms with Gasteiger partial charge >= 0.3 is 5.97 Å². The molecule has 2 aromatic carbocycles. The molecule has 2 atom stereocenters. The molecule has 0 spiro atoms. The molecule has 2 aromatic rings. The summed E-state index contributed by atoms with van der Waals surface area (Å²) in [6, 6.07) is 13.0. The molecule has 0 aromatic heterocycles. The summed E-state index contributed by atoms with van der Waals surface area (Å²) in [5.41, 5.74) is 7.27. The number of esters is 1. The molecule has 2 unspecified atom stereocenters. The zero-order chi connectivity index (χ0) is 26.6. The first-order valence-corrected chi connectivity index (χ1v) is 14.2. The number of carbonyl (C=O) groups is 2. The van der Waals surface area contributed by atoms with Crippen LogP contribution in [0.2, 0.25) is 0 Å². The molecule has 0 fully saturated rings. The quantitative estimate of drug-likeness (QED) is 0.266. The van der Waals surface area contributed by atoms with Gasteiger partial charge in [-0.1, -0.05) is 17.7 Å². The van der Waals surface area contributed by atoms with Crippen molar-refractivity contribution < 1.29 is 36.8 Å². The summed E-state index contributed by atoms with van der Waals surface area (Å²) < 4.78 is 47.2. The minimum absolute atomic E-state index is 0.152. The molecule has 0 aliphatic carbocycles. The fraction of sp³-hybridized carbons (Fsp3) is 0.417. The minimum Gasteiger partial charge on any atom is -0.744 e. The summed E-state index contributed by atoms with van der Waals surface area (Å²) in [4.78, 5) is 22.5. The van der Waals surface area contributed by atoms with E-state index in [1.807, 2.05) is 38.5 Å². The molecule has 194 valence electrons. The van der Waals surface area contributed by atoms with Gasteiger partial charge in [-0.3, -0.25) is 9.59 Å². The van der Waals surface area contributed by atoms with Crippen LogP contribution in [0.1, 0.15) is 30.2 Å². The number of nitrogens with two attached hydrogens (primary N) is 1. The van der Waals surface area contributed by atoms with Gasteiger partial charge in [0.25, 0.3) is 5.91 Å². The van der Waals surface area contributed by atoms with Crippen molar-refractivity contribution in [3.05, 3.63) is 59.7 Å². The monoisotopic (exact) mass is 527 g/mol. The van der Waals surface area contributed by atoms with Gasteiger partial charge in [0.1, 0.15) is 22.5 Å². The summed E-state index contributed by atoms with van der Waals surface area (Å²) in [7, 11) is -4.42. The van der Waals surface area contributed by atoms with Crippen LogP contribution in [-0.2, 0) is 40.1 Å². The van der Waals surface area contributed by atoms with Gasteiger partial charge in [0.05, 0.1) is 24.0 Å². The Balaban J connectivity index is 0.000000462. The van der Waals surface area contributed by atoms with Gasteiger partial charge in [-0.25, -0.2) is 8.42 Å². The fourth-order valence-electron chi connectivity index (χ4n) is 2.90. The van der Waals surface area contributed by atoms with Gasteiger partial charge in [-0.2, -0.15) is 0 Å². The highest BCUT2D eigenvalue weighted by Crippen LogP contribution is 2.24. The molecule has 0 aliphatic heterocycles. The van der Waals surface area contributed by atoms with E-state index >= 15 is 0 Å². The molecule has 0 aliphatic rings. The van der Waals surface area contributed by atoms with Crippen LogP contribution in [0.5, 0.6) is 5.75 Å². The number of amides is 1. The first kappa shape index (κ1) is 30.4. The van der Waals surface area contributed by atoms with Gasteiger partial charge in [0.2, 0.25) is 5.25 Å². The molecule has 2 N–H and O–H groups in total. The molecule has 0 bridgehead atoms. The molecule has 9 nitrogen and oxygen atoms in total. The smallest absolute Gasteiger partial charge is 0.303 e. The van der Waals surface area contributed by atoms with Crippen LogP contribution in [0.3, 0.4) is 0 Å². The van der Waals surface area contributed by atoms with Crippen molar-refractivity contribution >= 4 is 32.9 Å². The third kappa shape index (κ3) is 11.6. The number of hydrogen-bond donors (Lipinski definition) is 1. The van der Waals surface area contributed by atoms with E-state index in [1.165, 1.54) is 19.1 Å². The second-order valence-corrected chi connectivity index (χ2v) is 11.3. The number of hydrogen-bond acceptors (Lipinski definition) is 8. The van der Waals surface area contributed by atoms with Crippen LogP contribution < -0.4 is 10.5 Å². The first-order chi connectivity index (χ1) is 16.3. The van der Waals surface area contributed by atoms with Gasteiger partial charge in [-0.15, -0.1) is 0 Å². The zero-order valence-electron chi connectivity index (χ0n) is 20.6. The molecule has 2 rings (SSSR count). The maximum absolute atomic E-state index is 11.6. The fourth-order valence-corrected chi connectivity index (χ4v) is 4.54. The topological polar surface area (TPSA) is 145 Å². The predicted molar refractivity (Wildman–Crippen MR) is 134 cm³/mol. The Kier molecular flexibility index (Phi) is 12.8. The van der Waals surface area contributed by atoms with Gasteiger partial charge in [-0.05, 0) is 61.1 Å². The van der Waals surface area contributed by atoms with Gasteiger partial charge in [0, 0.05) is 19.1 Å². The van der Waals surface area contributed by atoms with Crippen LogP contribution in [0.4, 0.5) is 0 Å². The van der Waals surface area contributed by atoms with Crippen molar-refractivity contribution in [2.45, 2.75) is 37.0 Å². The number of ether oxygens (including phenoxy) is 3. The van der Waals surface area contributed by atoms with Crippen LogP contribution in [0.15, 0.2) is 53.4 Å². The van der Waals surface area contributed by atoms with Gasteiger partial charge in [0.15, 0.2) is 6.10 Å². The third-order valence-electron chi connectivity index (χ3n) is 4.50. The number of rotatable bonds is 11. The van der Waals surface area contributed by atoms with E-state index in [-0.39, 0.29) is 46.1 Å². The predicted octanol–water partition coefficient (Wildman–Crippen LogP) is 2.34. The largest absolute Gasteiger partial charge is 0.744 e. The lowest BCUT2D eigenvalue weighted by Crippen LogP contribution is -2.29. The molecule has 0 heterocycles. The Morgan fingerprint density at radius 2 is 1.60 bits per heavy atom. The average molecular weight is 528 g/mol. The lowest BCUT2D eigenvalue weighted by Gasteiger charge is -2.18. The molecule has 11 heteroatoms. The Labute approximate surface area is 210 Å². The molecule has 0 radical (unpaired) electrons. The van der Waals surface area contributed by atoms with E-state index in [4.69, 9.17) is 19.9 Å². The Hall–Kier alpha value is -2.60. The van der Waals surface area contributed by atoms with Crippen molar-refractivity contribution in [1.82, 2.24) is 0 Å². The molecular formula is C24H33NO8S2. The van der Waals surface area contributed by atoms with Crippen molar-refractivity contribution in [3.63, 3.8) is 0 Å². The average Bonchev–Trinajstić information content (AvgIpc) is 2.76. The van der Waals surface area contributed by atoms with Crippen LogP contribution in [-0.4, -0.2) is 63.3 Å². The standard InChI is InChI=1S/C17H25NO5S.C7H8O3S/c1-5-21-10-15(23-12(2)19)11-22-14-8-6-13(7-9-14)16(17(18)20)24(3)4;1-6-2-4-7(5-3-6)11(8,9)10/h6-9,15-16H,5,10-11H2,1-4H3,(H-,18,20);2-5H,1H3,(H,8,9,10). The third-order valence-corrected chi connectivity index (χ3v) is 6.80. The summed E-state index contributed by atoms with van der Waals surface area (Å²) in [6.07, 6.45) is 3.51. The van der Waals surface area contributed by atoms with E-state index in [1.54, 1.807) is 24.3 Å². The molecule has 0 saturated heterocycles. The van der Waals surface area contributed by atoms with Crippen molar-refractivity contribution in [2.24, 2.45) is 5.73 Å². The van der Waals surface area contributed by atoms with E-state index in [9.17, 15) is 22.6 Å². The number of aryl methyl sites for hydroxylation is 1. The molecule has 0 saturated carbocycles. The second kappa shape index (κ2) is 14.7. The highest BCUT2D eigenvalue weighted by molar-refractivity contribution is 7.96. The van der Waals surface area contributed by atoms with E-state index in [0.717, 1.165) is 11.1 Å². The number of primary amides is 1. The van der Waals surface area contributed by atoms with Crippen molar-refractivity contribution in [2.75, 3.05) is 32.3 Å². The Morgan fingerprint density at radius 3 is 2.03 bits per heavy atom. The lowest BCUT2D eigenvalue weighted by molar-refractivity contribution is -0.151. The summed E-state index contributed by atoms with van der Waals surface area (Å²) in [5, 5.41) is -0.300. The summed E-state index contributed by atoms with van der Waals surface area (Å²) in [5.74, 6) is -0.0766. The normalized spacial score (nSPS) is 12.8. The highest BCUT2D eigenvalue weighted by atomic mass is 32.2. The van der Waals surface area contributed by atoms with Gasteiger partial charge < -0.3 is 24.5 Å². The molecule has 1 amide bonds. The Morgan fingerprint density at radius 1 is 1.03 bits per heavy atom. The molecular weight excluding hydrogens is 494 g/mol. The van der Waals surface area contributed by atoms with Crippen LogP contribution in [0.25, 0.3) is 0 Å². The van der Waals surface area contributed by atoms with Crippen molar-refractivity contribution in [1.29, 1.82) is 0 Å². The molecule has 35 heavy (non-hydrogen) atoms. The number of benzene rings is 2. The summed E-state index contributed by atoms with van der Waals surface area (Å²) in [6.45, 7) is 6.06. The van der Waals surface area contributed by atoms with Crippen molar-refractivity contribution in [3.8, 4) is 5.75 Å². The van der Waals surface area contributed by atoms with Crippen LogP contribution >= 0.6 is 0 Å². The van der Waals surface area contributed by atoms with E-state index in [0.29, 0.717) is 12.4 Å². The van der Waals surface area contributed by atoms with E-state index in [2.05, 4.69) is 0 Å². The zero-order valence-corrected chi connectivity index (χ0v) is 22.2. The lowest BCUT2D eigenvalue weighted by atomic mass is 10.1. The maximum atomic E-state index is 11.6. The SMILES string of the molecule is CCOCC(COc1ccc(C(C(N)=O)[S+](C)C)cc1)OC(C)=O.Cc1ccc(S(=O)(=O)[O-])cc1. The maximum Gasteiger partial charge on any atom is 0.303 e. The summed E-state index contributed by atoms with van der Waals surface area (Å²) >= 11 is 0. The number of carbonyl (C=O) groups excluding carboxylic acids is 2. The first-order valence-electron chi connectivity index (χ1n) is 10.7. The minimum atomic E-state index is -4.27. The van der Waals surface area contributed by atoms with E-state index < -0.39 is 16.2 Å². The Bertz CT molecular complexity index is 1040. The highest BCUT2D eigenvalue weighted by Gasteiger charge is 2.29. The van der Waals surface area contributed by atoms with Crippen LogP contribution in [0, 0.1) is 6.92 Å². The second-order valence-electron chi connectivity index (χ2n) is 7.70.